The average molecular weight is 307 g/mol. The van der Waals surface area contributed by atoms with Crippen molar-refractivity contribution in [3.05, 3.63) is 52.5 Å². The lowest BCUT2D eigenvalue weighted by atomic mass is 10.1. The Hall–Kier alpha value is -2.01. The molecular weight excluding hydrogens is 296 g/mol. The second kappa shape index (κ2) is 5.10. The zero-order chi connectivity index (χ0) is 13.1. The second-order valence-electron chi connectivity index (χ2n) is 3.65. The van der Waals surface area contributed by atoms with Gasteiger partial charge in [0.2, 0.25) is 0 Å². The van der Waals surface area contributed by atoms with E-state index in [0.29, 0.717) is 11.4 Å². The van der Waals surface area contributed by atoms with Crippen molar-refractivity contribution in [2.45, 2.75) is 0 Å². The van der Waals surface area contributed by atoms with Gasteiger partial charge in [0, 0.05) is 4.47 Å². The van der Waals surface area contributed by atoms with Gasteiger partial charge in [-0.25, -0.2) is 0 Å². The molecule has 5 heteroatoms. The van der Waals surface area contributed by atoms with Crippen LogP contribution >= 0.6 is 15.9 Å². The molecule has 92 valence electrons. The number of nitrogens with two attached hydrogens (primary N) is 2. The number of hydrogen-bond donors (Lipinski definition) is 2. The molecule has 2 aromatic rings. The maximum absolute atomic E-state index is 11.3. The largest absolute Gasteiger partial charge is 0.454 e. The molecule has 0 fully saturated rings. The van der Waals surface area contributed by atoms with Gasteiger partial charge in [0.15, 0.2) is 5.75 Å². The molecular formula is C13H11BrN2O2. The molecule has 0 atom stereocenters. The molecule has 2 aromatic carbocycles. The summed E-state index contributed by atoms with van der Waals surface area (Å²) in [6, 6.07) is 12.1. The van der Waals surface area contributed by atoms with E-state index in [4.69, 9.17) is 16.2 Å². The SMILES string of the molecule is NC(=O)c1cccc(N)c1Oc1cccc(Br)c1. The van der Waals surface area contributed by atoms with Crippen molar-refractivity contribution in [3.8, 4) is 11.5 Å². The monoisotopic (exact) mass is 306 g/mol. The van der Waals surface area contributed by atoms with E-state index in [1.807, 2.05) is 12.1 Å². The maximum atomic E-state index is 11.3. The van der Waals surface area contributed by atoms with Crippen LogP contribution in [-0.4, -0.2) is 5.91 Å². The molecule has 0 aromatic heterocycles. The topological polar surface area (TPSA) is 78.3 Å². The van der Waals surface area contributed by atoms with Crippen molar-refractivity contribution in [2.75, 3.05) is 5.73 Å². The Morgan fingerprint density at radius 1 is 1.17 bits per heavy atom. The number of ether oxygens (including phenoxy) is 1. The minimum atomic E-state index is -0.577. The Kier molecular flexibility index (Phi) is 3.53. The van der Waals surface area contributed by atoms with Crippen molar-refractivity contribution in [1.29, 1.82) is 0 Å². The van der Waals surface area contributed by atoms with Gasteiger partial charge in [-0.2, -0.15) is 0 Å². The van der Waals surface area contributed by atoms with Crippen LogP contribution in [0.3, 0.4) is 0 Å². The number of rotatable bonds is 3. The van der Waals surface area contributed by atoms with Gasteiger partial charge in [0.05, 0.1) is 11.3 Å². The van der Waals surface area contributed by atoms with Crippen LogP contribution in [0.15, 0.2) is 46.9 Å². The molecule has 0 heterocycles. The van der Waals surface area contributed by atoms with E-state index in [1.54, 1.807) is 30.3 Å². The Balaban J connectivity index is 2.42. The van der Waals surface area contributed by atoms with Gasteiger partial charge < -0.3 is 16.2 Å². The van der Waals surface area contributed by atoms with Gasteiger partial charge in [-0.3, -0.25) is 4.79 Å². The highest BCUT2D eigenvalue weighted by atomic mass is 79.9. The lowest BCUT2D eigenvalue weighted by Crippen LogP contribution is -2.13. The van der Waals surface area contributed by atoms with Gasteiger partial charge in [-0.05, 0) is 30.3 Å². The molecule has 18 heavy (non-hydrogen) atoms. The van der Waals surface area contributed by atoms with Crippen LogP contribution in [0.2, 0.25) is 0 Å². The van der Waals surface area contributed by atoms with E-state index in [-0.39, 0.29) is 11.3 Å². The third-order valence-corrected chi connectivity index (χ3v) is 2.82. The highest BCUT2D eigenvalue weighted by Crippen LogP contribution is 2.32. The number of primary amides is 1. The predicted octanol–water partition coefficient (Wildman–Crippen LogP) is 2.92. The molecule has 4 nitrogen and oxygen atoms in total. The van der Waals surface area contributed by atoms with Gasteiger partial charge >= 0.3 is 0 Å². The molecule has 0 radical (unpaired) electrons. The lowest BCUT2D eigenvalue weighted by molar-refractivity contribution is 0.0998. The quantitative estimate of drug-likeness (QED) is 0.856. The number of amides is 1. The number of anilines is 1. The number of nitrogen functional groups attached to an aromatic ring is 1. The van der Waals surface area contributed by atoms with E-state index in [9.17, 15) is 4.79 Å². The van der Waals surface area contributed by atoms with Gasteiger partial charge in [0.1, 0.15) is 5.75 Å². The number of carbonyl (C=O) groups is 1. The average Bonchev–Trinajstić information content (AvgIpc) is 2.31. The molecule has 1 amide bonds. The number of benzene rings is 2. The number of halogens is 1. The van der Waals surface area contributed by atoms with Crippen molar-refractivity contribution in [1.82, 2.24) is 0 Å². The molecule has 0 aliphatic heterocycles. The van der Waals surface area contributed by atoms with Gasteiger partial charge in [0.25, 0.3) is 5.91 Å². The highest BCUT2D eigenvalue weighted by molar-refractivity contribution is 9.10. The van der Waals surface area contributed by atoms with Crippen LogP contribution in [0.5, 0.6) is 11.5 Å². The smallest absolute Gasteiger partial charge is 0.252 e. The number of para-hydroxylation sites is 1. The van der Waals surface area contributed by atoms with Crippen molar-refractivity contribution in [2.24, 2.45) is 5.73 Å². The van der Waals surface area contributed by atoms with Crippen molar-refractivity contribution in [3.63, 3.8) is 0 Å². The Labute approximate surface area is 113 Å². The fourth-order valence-corrected chi connectivity index (χ4v) is 1.89. The van der Waals surface area contributed by atoms with E-state index in [1.165, 1.54) is 0 Å². The van der Waals surface area contributed by atoms with Crippen LogP contribution in [0.4, 0.5) is 5.69 Å². The van der Waals surface area contributed by atoms with E-state index in [2.05, 4.69) is 15.9 Å². The van der Waals surface area contributed by atoms with Crippen molar-refractivity contribution >= 4 is 27.5 Å². The Morgan fingerprint density at radius 3 is 2.56 bits per heavy atom. The Morgan fingerprint density at radius 2 is 1.89 bits per heavy atom. The minimum Gasteiger partial charge on any atom is -0.454 e. The van der Waals surface area contributed by atoms with Crippen LogP contribution < -0.4 is 16.2 Å². The molecule has 0 saturated heterocycles. The van der Waals surface area contributed by atoms with Crippen LogP contribution in [0.1, 0.15) is 10.4 Å². The summed E-state index contributed by atoms with van der Waals surface area (Å²) in [5.74, 6) is 0.278. The van der Waals surface area contributed by atoms with E-state index in [0.717, 1.165) is 4.47 Å². The first-order valence-corrected chi connectivity index (χ1v) is 5.99. The van der Waals surface area contributed by atoms with E-state index >= 15 is 0 Å². The standard InChI is InChI=1S/C13H11BrN2O2/c14-8-3-1-4-9(7-8)18-12-10(13(16)17)5-2-6-11(12)15/h1-7H,15H2,(H2,16,17). The molecule has 0 saturated carbocycles. The normalized spacial score (nSPS) is 10.1. The van der Waals surface area contributed by atoms with Crippen molar-refractivity contribution < 1.29 is 9.53 Å². The molecule has 0 aliphatic rings. The Bertz CT molecular complexity index is 599. The second-order valence-corrected chi connectivity index (χ2v) is 4.56. The molecule has 2 rings (SSSR count). The fourth-order valence-electron chi connectivity index (χ4n) is 1.51. The van der Waals surface area contributed by atoms with Crippen LogP contribution in [0, 0.1) is 0 Å². The summed E-state index contributed by atoms with van der Waals surface area (Å²) in [5.41, 5.74) is 11.7. The zero-order valence-corrected chi connectivity index (χ0v) is 11.0. The van der Waals surface area contributed by atoms with Crippen LogP contribution in [0.25, 0.3) is 0 Å². The molecule has 0 unspecified atom stereocenters. The maximum Gasteiger partial charge on any atom is 0.252 e. The van der Waals surface area contributed by atoms with Crippen LogP contribution in [-0.2, 0) is 0 Å². The summed E-state index contributed by atoms with van der Waals surface area (Å²) < 4.78 is 6.50. The van der Waals surface area contributed by atoms with Gasteiger partial charge in [-0.15, -0.1) is 0 Å². The van der Waals surface area contributed by atoms with Gasteiger partial charge in [-0.1, -0.05) is 28.1 Å². The first kappa shape index (κ1) is 12.4. The zero-order valence-electron chi connectivity index (χ0n) is 9.39. The molecule has 4 N–H and O–H groups in total. The third-order valence-electron chi connectivity index (χ3n) is 2.33. The molecule has 0 aliphatic carbocycles. The summed E-state index contributed by atoms with van der Waals surface area (Å²) in [5, 5.41) is 0. The van der Waals surface area contributed by atoms with E-state index < -0.39 is 5.91 Å². The lowest BCUT2D eigenvalue weighted by Gasteiger charge is -2.11. The first-order valence-electron chi connectivity index (χ1n) is 5.19. The number of hydrogen-bond acceptors (Lipinski definition) is 3. The minimum absolute atomic E-state index is 0.259. The first-order chi connectivity index (χ1) is 8.58. The summed E-state index contributed by atoms with van der Waals surface area (Å²) in [7, 11) is 0. The predicted molar refractivity (Wildman–Crippen MR) is 73.6 cm³/mol. The number of carbonyl (C=O) groups excluding carboxylic acids is 1. The third kappa shape index (κ3) is 2.62. The summed E-state index contributed by atoms with van der Waals surface area (Å²) in [6.07, 6.45) is 0. The molecule has 0 spiro atoms. The molecule has 0 bridgehead atoms. The fraction of sp³-hybridized carbons (Fsp3) is 0. The summed E-state index contributed by atoms with van der Waals surface area (Å²) in [4.78, 5) is 11.3. The highest BCUT2D eigenvalue weighted by Gasteiger charge is 2.13. The summed E-state index contributed by atoms with van der Waals surface area (Å²) >= 11 is 3.34. The summed E-state index contributed by atoms with van der Waals surface area (Å²) in [6.45, 7) is 0.